The molecule has 0 unspecified atom stereocenters. The molecule has 0 spiro atoms. The molecule has 110 valence electrons. The minimum absolute atomic E-state index is 0.352. The molecule has 0 aliphatic carbocycles. The fraction of sp³-hybridized carbons (Fsp3) is 0.583. The zero-order valence-corrected chi connectivity index (χ0v) is 10.9. The maximum absolute atomic E-state index is 12.1. The molecule has 2 heterocycles. The van der Waals surface area contributed by atoms with Gasteiger partial charge in [0, 0.05) is 32.1 Å². The molecule has 1 aliphatic heterocycles. The van der Waals surface area contributed by atoms with E-state index in [1.54, 1.807) is 19.2 Å². The monoisotopic (exact) mass is 289 g/mol. The predicted octanol–water partition coefficient (Wildman–Crippen LogP) is 1.86. The second-order valence-corrected chi connectivity index (χ2v) is 4.55. The van der Waals surface area contributed by atoms with Crippen LogP contribution in [-0.2, 0) is 9.53 Å². The SMILES string of the molecule is Cc1nccc(N2CCC(OC(=O)C(F)(F)F)CC2)n1. The number of hydrogen-bond donors (Lipinski definition) is 0. The molecule has 0 radical (unpaired) electrons. The molecule has 20 heavy (non-hydrogen) atoms. The van der Waals surface area contributed by atoms with Crippen LogP contribution in [0.3, 0.4) is 0 Å². The van der Waals surface area contributed by atoms with Gasteiger partial charge in [0.05, 0.1) is 0 Å². The van der Waals surface area contributed by atoms with E-state index in [1.807, 2.05) is 4.90 Å². The van der Waals surface area contributed by atoms with Crippen molar-refractivity contribution >= 4 is 11.8 Å². The Kier molecular flexibility index (Phi) is 4.10. The van der Waals surface area contributed by atoms with Crippen LogP contribution >= 0.6 is 0 Å². The Morgan fingerprint density at radius 1 is 1.40 bits per heavy atom. The summed E-state index contributed by atoms with van der Waals surface area (Å²) >= 11 is 0. The van der Waals surface area contributed by atoms with E-state index in [0.717, 1.165) is 5.82 Å². The maximum atomic E-state index is 12.1. The zero-order valence-electron chi connectivity index (χ0n) is 10.9. The minimum Gasteiger partial charge on any atom is -0.456 e. The van der Waals surface area contributed by atoms with Crippen molar-refractivity contribution in [2.24, 2.45) is 0 Å². The number of piperidine rings is 1. The van der Waals surface area contributed by atoms with Crippen LogP contribution in [0.5, 0.6) is 0 Å². The summed E-state index contributed by atoms with van der Waals surface area (Å²) < 4.78 is 40.7. The Morgan fingerprint density at radius 3 is 2.60 bits per heavy atom. The highest BCUT2D eigenvalue weighted by Crippen LogP contribution is 2.23. The van der Waals surface area contributed by atoms with E-state index in [-0.39, 0.29) is 0 Å². The van der Waals surface area contributed by atoms with Crippen LogP contribution in [0, 0.1) is 6.92 Å². The lowest BCUT2D eigenvalue weighted by Crippen LogP contribution is -2.40. The maximum Gasteiger partial charge on any atom is 0.490 e. The number of alkyl halides is 3. The number of ether oxygens (including phenoxy) is 1. The molecule has 1 aromatic rings. The zero-order chi connectivity index (χ0) is 14.8. The number of anilines is 1. The molecule has 1 aromatic heterocycles. The fourth-order valence-electron chi connectivity index (χ4n) is 2.04. The van der Waals surface area contributed by atoms with Crippen LogP contribution in [0.1, 0.15) is 18.7 Å². The van der Waals surface area contributed by atoms with Gasteiger partial charge >= 0.3 is 12.1 Å². The second-order valence-electron chi connectivity index (χ2n) is 4.55. The van der Waals surface area contributed by atoms with Gasteiger partial charge in [-0.05, 0) is 13.0 Å². The van der Waals surface area contributed by atoms with Gasteiger partial charge in [-0.2, -0.15) is 13.2 Å². The van der Waals surface area contributed by atoms with E-state index in [0.29, 0.717) is 31.8 Å². The van der Waals surface area contributed by atoms with Crippen molar-refractivity contribution in [3.8, 4) is 0 Å². The van der Waals surface area contributed by atoms with Crippen molar-refractivity contribution in [3.63, 3.8) is 0 Å². The number of rotatable bonds is 2. The predicted molar refractivity (Wildman–Crippen MR) is 64.2 cm³/mol. The molecule has 0 atom stereocenters. The van der Waals surface area contributed by atoms with E-state index in [4.69, 9.17) is 0 Å². The Labute approximate surface area is 113 Å². The van der Waals surface area contributed by atoms with E-state index in [9.17, 15) is 18.0 Å². The minimum atomic E-state index is -4.93. The number of esters is 1. The van der Waals surface area contributed by atoms with Gasteiger partial charge in [-0.15, -0.1) is 0 Å². The average Bonchev–Trinajstić information content (AvgIpc) is 2.38. The Balaban J connectivity index is 1.88. The van der Waals surface area contributed by atoms with Gasteiger partial charge in [-0.3, -0.25) is 0 Å². The number of carbonyl (C=O) groups is 1. The number of hydrogen-bond acceptors (Lipinski definition) is 5. The van der Waals surface area contributed by atoms with Gasteiger partial charge in [0.1, 0.15) is 17.7 Å². The van der Waals surface area contributed by atoms with E-state index < -0.39 is 18.2 Å². The van der Waals surface area contributed by atoms with Crippen molar-refractivity contribution < 1.29 is 22.7 Å². The second kappa shape index (κ2) is 5.64. The quantitative estimate of drug-likeness (QED) is 0.778. The first-order valence-electron chi connectivity index (χ1n) is 6.18. The lowest BCUT2D eigenvalue weighted by Gasteiger charge is -2.32. The molecule has 1 fully saturated rings. The highest BCUT2D eigenvalue weighted by Gasteiger charge is 2.42. The van der Waals surface area contributed by atoms with E-state index in [2.05, 4.69) is 14.7 Å². The highest BCUT2D eigenvalue weighted by molar-refractivity contribution is 5.75. The normalized spacial score (nSPS) is 17.1. The van der Waals surface area contributed by atoms with E-state index in [1.165, 1.54) is 0 Å². The summed E-state index contributed by atoms with van der Waals surface area (Å²) in [5, 5.41) is 0. The van der Waals surface area contributed by atoms with Crippen LogP contribution in [-0.4, -0.2) is 41.3 Å². The number of halogens is 3. The summed E-state index contributed by atoms with van der Waals surface area (Å²) in [4.78, 5) is 20.9. The Hall–Kier alpha value is -1.86. The third-order valence-electron chi connectivity index (χ3n) is 3.03. The lowest BCUT2D eigenvalue weighted by atomic mass is 10.1. The summed E-state index contributed by atoms with van der Waals surface area (Å²) in [5.74, 6) is -0.750. The van der Waals surface area contributed by atoms with Crippen LogP contribution in [0.4, 0.5) is 19.0 Å². The lowest BCUT2D eigenvalue weighted by molar-refractivity contribution is -0.205. The van der Waals surface area contributed by atoms with E-state index >= 15 is 0 Å². The van der Waals surface area contributed by atoms with Gasteiger partial charge in [0.2, 0.25) is 0 Å². The summed E-state index contributed by atoms with van der Waals surface area (Å²) in [6, 6.07) is 1.75. The van der Waals surface area contributed by atoms with Crippen molar-refractivity contribution in [3.05, 3.63) is 18.1 Å². The third-order valence-corrected chi connectivity index (χ3v) is 3.03. The van der Waals surface area contributed by atoms with Crippen LogP contribution < -0.4 is 4.90 Å². The van der Waals surface area contributed by atoms with Gasteiger partial charge < -0.3 is 9.64 Å². The van der Waals surface area contributed by atoms with Crippen molar-refractivity contribution in [2.45, 2.75) is 32.0 Å². The van der Waals surface area contributed by atoms with Gasteiger partial charge in [0.25, 0.3) is 0 Å². The third kappa shape index (κ3) is 3.58. The summed E-state index contributed by atoms with van der Waals surface area (Å²) in [6.45, 7) is 2.75. The first kappa shape index (κ1) is 14.5. The molecule has 0 amide bonds. The molecule has 2 rings (SSSR count). The molecular formula is C12H14F3N3O2. The molecule has 0 saturated carbocycles. The van der Waals surface area contributed by atoms with Gasteiger partial charge in [-0.25, -0.2) is 14.8 Å². The smallest absolute Gasteiger partial charge is 0.456 e. The fourth-order valence-corrected chi connectivity index (χ4v) is 2.04. The Bertz CT molecular complexity index is 485. The van der Waals surface area contributed by atoms with Crippen molar-refractivity contribution in [2.75, 3.05) is 18.0 Å². The highest BCUT2D eigenvalue weighted by atomic mass is 19.4. The van der Waals surface area contributed by atoms with Crippen molar-refractivity contribution in [1.82, 2.24) is 9.97 Å². The number of aryl methyl sites for hydroxylation is 1. The first-order chi connectivity index (χ1) is 9.36. The van der Waals surface area contributed by atoms with Gasteiger partial charge in [0.15, 0.2) is 0 Å². The summed E-state index contributed by atoms with van der Waals surface area (Å²) in [5.41, 5.74) is 0. The molecule has 0 bridgehead atoms. The summed E-state index contributed by atoms with van der Waals surface area (Å²) in [7, 11) is 0. The average molecular weight is 289 g/mol. The molecule has 1 aliphatic rings. The molecule has 8 heteroatoms. The van der Waals surface area contributed by atoms with Crippen molar-refractivity contribution in [1.29, 1.82) is 0 Å². The standard InChI is InChI=1S/C12H14F3N3O2/c1-8-16-5-2-10(17-8)18-6-3-9(4-7-18)20-11(19)12(13,14)15/h2,5,9H,3-4,6-7H2,1H3. The number of aromatic nitrogens is 2. The molecular weight excluding hydrogens is 275 g/mol. The topological polar surface area (TPSA) is 55.3 Å². The Morgan fingerprint density at radius 2 is 2.05 bits per heavy atom. The first-order valence-corrected chi connectivity index (χ1v) is 6.18. The molecule has 5 nitrogen and oxygen atoms in total. The van der Waals surface area contributed by atoms with Crippen LogP contribution in [0.2, 0.25) is 0 Å². The van der Waals surface area contributed by atoms with Gasteiger partial charge in [-0.1, -0.05) is 0 Å². The molecule has 0 N–H and O–H groups in total. The van der Waals surface area contributed by atoms with Crippen LogP contribution in [0.15, 0.2) is 12.3 Å². The molecule has 1 saturated heterocycles. The number of nitrogens with zero attached hydrogens (tertiary/aromatic N) is 3. The molecule has 0 aromatic carbocycles. The van der Waals surface area contributed by atoms with Crippen LogP contribution in [0.25, 0.3) is 0 Å². The summed E-state index contributed by atoms with van der Waals surface area (Å²) in [6.07, 6.45) is -3.28. The largest absolute Gasteiger partial charge is 0.490 e. The number of carbonyl (C=O) groups excluding carboxylic acids is 1.